The third-order valence-electron chi connectivity index (χ3n) is 3.10. The highest BCUT2D eigenvalue weighted by molar-refractivity contribution is 5.72. The Morgan fingerprint density at radius 3 is 2.44 bits per heavy atom. The highest BCUT2D eigenvalue weighted by atomic mass is 15.1. The highest BCUT2D eigenvalue weighted by Crippen LogP contribution is 2.25. The van der Waals surface area contributed by atoms with E-state index in [1.54, 1.807) is 0 Å². The number of para-hydroxylation sites is 2. The Bertz CT molecular complexity index is 546. The van der Waals surface area contributed by atoms with Crippen LogP contribution in [0, 0.1) is 0 Å². The molecule has 0 aliphatic carbocycles. The predicted octanol–water partition coefficient (Wildman–Crippen LogP) is 3.61. The molecular weight excluding hydrogens is 220 g/mol. The summed E-state index contributed by atoms with van der Waals surface area (Å²) in [4.78, 5) is 0. The fourth-order valence-corrected chi connectivity index (χ4v) is 2.14. The zero-order valence-corrected chi connectivity index (χ0v) is 10.1. The van der Waals surface area contributed by atoms with Crippen molar-refractivity contribution in [1.82, 2.24) is 0 Å². The molecule has 2 nitrogen and oxygen atoms in total. The maximum Gasteiger partial charge on any atom is 0.0621 e. The van der Waals surface area contributed by atoms with Gasteiger partial charge < -0.3 is 10.6 Å². The Kier molecular flexibility index (Phi) is 3.01. The smallest absolute Gasteiger partial charge is 0.0621 e. The predicted molar refractivity (Wildman–Crippen MR) is 77.8 cm³/mol. The molecule has 1 unspecified atom stereocenters. The molecule has 0 amide bonds. The monoisotopic (exact) mass is 236 g/mol. The molecule has 0 aromatic heterocycles. The summed E-state index contributed by atoms with van der Waals surface area (Å²) in [5.41, 5.74) is 3.59. The lowest BCUT2D eigenvalue weighted by atomic mass is 10.1. The average molecular weight is 236 g/mol. The summed E-state index contributed by atoms with van der Waals surface area (Å²) >= 11 is 0. The van der Waals surface area contributed by atoms with E-state index in [0.717, 1.165) is 6.54 Å². The van der Waals surface area contributed by atoms with Gasteiger partial charge in [-0.3, -0.25) is 0 Å². The Morgan fingerprint density at radius 1 is 0.889 bits per heavy atom. The molecule has 1 heterocycles. The van der Waals surface area contributed by atoms with Crippen LogP contribution in [-0.2, 0) is 0 Å². The van der Waals surface area contributed by atoms with Crippen molar-refractivity contribution in [3.63, 3.8) is 0 Å². The Balaban J connectivity index is 1.72. The normalized spacial score (nSPS) is 17.9. The molecule has 0 spiro atoms. The number of nitrogens with one attached hydrogen (secondary N) is 2. The van der Waals surface area contributed by atoms with E-state index in [1.807, 2.05) is 12.1 Å². The van der Waals surface area contributed by atoms with Crippen LogP contribution in [0.3, 0.4) is 0 Å². The Labute approximate surface area is 107 Å². The van der Waals surface area contributed by atoms with Crippen molar-refractivity contribution in [2.45, 2.75) is 6.04 Å². The molecule has 1 aliphatic rings. The van der Waals surface area contributed by atoms with E-state index in [2.05, 4.69) is 65.3 Å². The van der Waals surface area contributed by atoms with Crippen molar-refractivity contribution in [2.24, 2.45) is 0 Å². The van der Waals surface area contributed by atoms with Crippen molar-refractivity contribution in [1.29, 1.82) is 0 Å². The number of hydrogen-bond acceptors (Lipinski definition) is 2. The maximum atomic E-state index is 3.52. The van der Waals surface area contributed by atoms with E-state index in [4.69, 9.17) is 0 Å². The average Bonchev–Trinajstić information content (AvgIpc) is 2.46. The van der Waals surface area contributed by atoms with Crippen LogP contribution in [0.1, 0.15) is 5.56 Å². The number of anilines is 2. The lowest BCUT2D eigenvalue weighted by Gasteiger charge is -2.26. The lowest BCUT2D eigenvalue weighted by molar-refractivity contribution is 0.896. The molecule has 90 valence electrons. The van der Waals surface area contributed by atoms with Gasteiger partial charge in [0.1, 0.15) is 0 Å². The second-order valence-corrected chi connectivity index (χ2v) is 4.45. The summed E-state index contributed by atoms with van der Waals surface area (Å²) in [6, 6.07) is 19.0. The van der Waals surface area contributed by atoms with E-state index >= 15 is 0 Å². The number of benzene rings is 2. The first kappa shape index (κ1) is 10.9. The van der Waals surface area contributed by atoms with E-state index in [-0.39, 0.29) is 0 Å². The van der Waals surface area contributed by atoms with Crippen LogP contribution in [0.2, 0.25) is 0 Å². The topological polar surface area (TPSA) is 24.1 Å². The van der Waals surface area contributed by atoms with Crippen LogP contribution in [0.15, 0.2) is 60.7 Å². The highest BCUT2D eigenvalue weighted by Gasteiger charge is 2.13. The molecule has 0 fully saturated rings. The summed E-state index contributed by atoms with van der Waals surface area (Å²) in [5.74, 6) is 0. The van der Waals surface area contributed by atoms with E-state index in [0.29, 0.717) is 6.04 Å². The van der Waals surface area contributed by atoms with Gasteiger partial charge >= 0.3 is 0 Å². The van der Waals surface area contributed by atoms with Crippen LogP contribution in [-0.4, -0.2) is 12.6 Å². The minimum Gasteiger partial charge on any atom is -0.381 e. The summed E-state index contributed by atoms with van der Waals surface area (Å²) in [5, 5.41) is 6.95. The standard InChI is InChI=1S/C16H16N2/c1-2-6-13(7-3-1)10-11-14-12-17-15-8-4-5-9-16(15)18-14/h1-11,14,17-18H,12H2/b11-10+. The Hall–Kier alpha value is -2.22. The van der Waals surface area contributed by atoms with Crippen molar-refractivity contribution >= 4 is 17.5 Å². The maximum absolute atomic E-state index is 3.52. The van der Waals surface area contributed by atoms with Crippen molar-refractivity contribution in [2.75, 3.05) is 17.2 Å². The van der Waals surface area contributed by atoms with Crippen LogP contribution < -0.4 is 10.6 Å². The van der Waals surface area contributed by atoms with Gasteiger partial charge in [0.25, 0.3) is 0 Å². The summed E-state index contributed by atoms with van der Waals surface area (Å²) in [7, 11) is 0. The minimum atomic E-state index is 0.333. The molecular formula is C16H16N2. The molecule has 2 aromatic rings. The minimum absolute atomic E-state index is 0.333. The van der Waals surface area contributed by atoms with Gasteiger partial charge in [0, 0.05) is 6.54 Å². The number of rotatable bonds is 2. The molecule has 0 radical (unpaired) electrons. The zero-order valence-electron chi connectivity index (χ0n) is 10.1. The second kappa shape index (κ2) is 4.96. The van der Waals surface area contributed by atoms with Gasteiger partial charge in [0.2, 0.25) is 0 Å². The second-order valence-electron chi connectivity index (χ2n) is 4.45. The van der Waals surface area contributed by atoms with Crippen molar-refractivity contribution in [3.8, 4) is 0 Å². The van der Waals surface area contributed by atoms with Gasteiger partial charge in [-0.05, 0) is 17.7 Å². The number of hydrogen-bond donors (Lipinski definition) is 2. The molecule has 3 rings (SSSR count). The van der Waals surface area contributed by atoms with Crippen LogP contribution >= 0.6 is 0 Å². The lowest BCUT2D eigenvalue weighted by Crippen LogP contribution is -2.30. The molecule has 2 heteroatoms. The number of fused-ring (bicyclic) bond motifs is 1. The van der Waals surface area contributed by atoms with Crippen LogP contribution in [0.4, 0.5) is 11.4 Å². The summed E-state index contributed by atoms with van der Waals surface area (Å²) in [6.45, 7) is 0.917. The largest absolute Gasteiger partial charge is 0.381 e. The molecule has 18 heavy (non-hydrogen) atoms. The third-order valence-corrected chi connectivity index (χ3v) is 3.10. The molecule has 1 atom stereocenters. The van der Waals surface area contributed by atoms with Gasteiger partial charge in [-0.15, -0.1) is 0 Å². The molecule has 0 saturated carbocycles. The third kappa shape index (κ3) is 2.38. The molecule has 2 aromatic carbocycles. The SMILES string of the molecule is C(=C\C1CNc2ccccc2N1)/c1ccccc1. The van der Waals surface area contributed by atoms with Crippen molar-refractivity contribution < 1.29 is 0 Å². The first-order valence-electron chi connectivity index (χ1n) is 6.24. The molecule has 0 bridgehead atoms. The van der Waals surface area contributed by atoms with E-state index in [9.17, 15) is 0 Å². The van der Waals surface area contributed by atoms with Gasteiger partial charge in [-0.25, -0.2) is 0 Å². The van der Waals surface area contributed by atoms with E-state index in [1.165, 1.54) is 16.9 Å². The Morgan fingerprint density at radius 2 is 1.61 bits per heavy atom. The fourth-order valence-electron chi connectivity index (χ4n) is 2.14. The molecule has 2 N–H and O–H groups in total. The molecule has 1 aliphatic heterocycles. The fraction of sp³-hybridized carbons (Fsp3) is 0.125. The van der Waals surface area contributed by atoms with Crippen molar-refractivity contribution in [3.05, 3.63) is 66.2 Å². The summed E-state index contributed by atoms with van der Waals surface area (Å²) in [6.07, 6.45) is 4.37. The van der Waals surface area contributed by atoms with Gasteiger partial charge in [-0.1, -0.05) is 54.6 Å². The quantitative estimate of drug-likeness (QED) is 0.832. The van der Waals surface area contributed by atoms with Crippen LogP contribution in [0.25, 0.3) is 6.08 Å². The first-order valence-corrected chi connectivity index (χ1v) is 6.24. The van der Waals surface area contributed by atoms with Gasteiger partial charge in [0.15, 0.2) is 0 Å². The zero-order chi connectivity index (χ0) is 12.2. The van der Waals surface area contributed by atoms with Gasteiger partial charge in [0.05, 0.1) is 17.4 Å². The van der Waals surface area contributed by atoms with E-state index < -0.39 is 0 Å². The van der Waals surface area contributed by atoms with Crippen LogP contribution in [0.5, 0.6) is 0 Å². The first-order chi connectivity index (χ1) is 8.92. The summed E-state index contributed by atoms with van der Waals surface area (Å²) < 4.78 is 0. The molecule has 0 saturated heterocycles. The van der Waals surface area contributed by atoms with Gasteiger partial charge in [-0.2, -0.15) is 0 Å².